The van der Waals surface area contributed by atoms with Crippen LogP contribution in [0.5, 0.6) is 0 Å². The normalized spacial score (nSPS) is 30.1. The van der Waals surface area contributed by atoms with Crippen molar-refractivity contribution < 1.29 is 4.79 Å². The van der Waals surface area contributed by atoms with E-state index >= 15 is 0 Å². The van der Waals surface area contributed by atoms with E-state index in [0.717, 1.165) is 24.9 Å². The lowest BCUT2D eigenvalue weighted by atomic mass is 9.83. The second kappa shape index (κ2) is 4.18. The number of nitrogens with zero attached hydrogens (tertiary/aromatic N) is 2. The maximum absolute atomic E-state index is 12.3. The summed E-state index contributed by atoms with van der Waals surface area (Å²) in [6.07, 6.45) is 2.37. The van der Waals surface area contributed by atoms with Gasteiger partial charge < -0.3 is 9.80 Å². The summed E-state index contributed by atoms with van der Waals surface area (Å²) in [4.78, 5) is 16.5. The van der Waals surface area contributed by atoms with Crippen molar-refractivity contribution in [1.29, 1.82) is 0 Å². The summed E-state index contributed by atoms with van der Waals surface area (Å²) in [7, 11) is 0. The number of amides is 2. The van der Waals surface area contributed by atoms with Gasteiger partial charge in [0.15, 0.2) is 0 Å². The molecule has 0 aromatic rings. The largest absolute Gasteiger partial charge is 0.320 e. The van der Waals surface area contributed by atoms with Crippen LogP contribution in [0.4, 0.5) is 4.79 Å². The molecule has 0 aliphatic carbocycles. The van der Waals surface area contributed by atoms with Gasteiger partial charge in [-0.05, 0) is 45.4 Å². The van der Waals surface area contributed by atoms with E-state index in [9.17, 15) is 4.79 Å². The highest BCUT2D eigenvalue weighted by Crippen LogP contribution is 2.35. The zero-order chi connectivity index (χ0) is 12.8. The maximum atomic E-state index is 12.3. The standard InChI is InChI=1S/C14H26N2O/c1-10(2)11-6-7-15-12(8-11)9-16(13(15)17)14(3,4)5/h10-12H,6-9H2,1-5H3. The van der Waals surface area contributed by atoms with E-state index in [4.69, 9.17) is 0 Å². The fourth-order valence-corrected chi connectivity index (χ4v) is 3.12. The minimum atomic E-state index is -0.0399. The van der Waals surface area contributed by atoms with Crippen LogP contribution in [0.1, 0.15) is 47.5 Å². The Hall–Kier alpha value is -0.730. The number of piperidine rings is 1. The highest BCUT2D eigenvalue weighted by molar-refractivity contribution is 5.78. The highest BCUT2D eigenvalue weighted by Gasteiger charge is 2.44. The van der Waals surface area contributed by atoms with Crippen LogP contribution in [0.2, 0.25) is 0 Å². The van der Waals surface area contributed by atoms with Gasteiger partial charge in [-0.2, -0.15) is 0 Å². The minimum Gasteiger partial charge on any atom is -0.320 e. The lowest BCUT2D eigenvalue weighted by molar-refractivity contribution is 0.136. The quantitative estimate of drug-likeness (QED) is 0.689. The van der Waals surface area contributed by atoms with E-state index in [1.807, 2.05) is 4.90 Å². The van der Waals surface area contributed by atoms with Crippen molar-refractivity contribution in [2.75, 3.05) is 13.1 Å². The van der Waals surface area contributed by atoms with Crippen LogP contribution in [0, 0.1) is 11.8 Å². The number of fused-ring (bicyclic) bond motifs is 1. The predicted octanol–water partition coefficient (Wildman–Crippen LogP) is 2.96. The molecule has 2 fully saturated rings. The summed E-state index contributed by atoms with van der Waals surface area (Å²) in [6, 6.07) is 0.715. The van der Waals surface area contributed by atoms with E-state index in [1.54, 1.807) is 0 Å². The van der Waals surface area contributed by atoms with Crippen LogP contribution in [0.15, 0.2) is 0 Å². The van der Waals surface area contributed by atoms with Crippen molar-refractivity contribution in [3.63, 3.8) is 0 Å². The summed E-state index contributed by atoms with van der Waals surface area (Å²) in [5.74, 6) is 1.54. The van der Waals surface area contributed by atoms with Crippen molar-refractivity contribution in [2.45, 2.75) is 59.0 Å². The van der Waals surface area contributed by atoms with Crippen molar-refractivity contribution in [3.8, 4) is 0 Å². The summed E-state index contributed by atoms with van der Waals surface area (Å²) in [5, 5.41) is 0. The molecule has 2 aliphatic heterocycles. The molecule has 3 heteroatoms. The third kappa shape index (κ3) is 2.29. The van der Waals surface area contributed by atoms with Crippen molar-refractivity contribution in [1.82, 2.24) is 9.80 Å². The maximum Gasteiger partial charge on any atom is 0.320 e. The Kier molecular flexibility index (Phi) is 3.13. The number of hydrogen-bond acceptors (Lipinski definition) is 1. The van der Waals surface area contributed by atoms with Gasteiger partial charge in [0, 0.05) is 18.6 Å². The lowest BCUT2D eigenvalue weighted by Gasteiger charge is -2.35. The van der Waals surface area contributed by atoms with Gasteiger partial charge in [0.25, 0.3) is 0 Å². The van der Waals surface area contributed by atoms with E-state index in [-0.39, 0.29) is 11.6 Å². The first-order valence-corrected chi connectivity index (χ1v) is 6.89. The Morgan fingerprint density at radius 2 is 1.94 bits per heavy atom. The average Bonchev–Trinajstić information content (AvgIpc) is 2.55. The van der Waals surface area contributed by atoms with E-state index in [2.05, 4.69) is 39.5 Å². The molecule has 2 heterocycles. The SMILES string of the molecule is CC(C)C1CCN2C(=O)N(C(C)(C)C)CC2C1. The fourth-order valence-electron chi connectivity index (χ4n) is 3.12. The fraction of sp³-hybridized carbons (Fsp3) is 0.929. The summed E-state index contributed by atoms with van der Waals surface area (Å²) < 4.78 is 0. The number of carbonyl (C=O) groups is 1. The lowest BCUT2D eigenvalue weighted by Crippen LogP contribution is -2.45. The molecule has 2 amide bonds. The highest BCUT2D eigenvalue weighted by atomic mass is 16.2. The smallest absolute Gasteiger partial charge is 0.320 e. The zero-order valence-electron chi connectivity index (χ0n) is 11.9. The second-order valence-electron chi connectivity index (χ2n) is 6.94. The number of carbonyl (C=O) groups excluding carboxylic acids is 1. The molecule has 2 unspecified atom stereocenters. The topological polar surface area (TPSA) is 23.6 Å². The van der Waals surface area contributed by atoms with Gasteiger partial charge in [0.1, 0.15) is 0 Å². The van der Waals surface area contributed by atoms with Gasteiger partial charge in [-0.25, -0.2) is 4.79 Å². The summed E-state index contributed by atoms with van der Waals surface area (Å²) in [5.41, 5.74) is -0.0399. The Labute approximate surface area is 105 Å². The molecular weight excluding hydrogens is 212 g/mol. The van der Waals surface area contributed by atoms with Crippen molar-refractivity contribution >= 4 is 6.03 Å². The molecule has 0 aromatic heterocycles. The van der Waals surface area contributed by atoms with Crippen LogP contribution in [-0.2, 0) is 0 Å². The van der Waals surface area contributed by atoms with Crippen molar-refractivity contribution in [3.05, 3.63) is 0 Å². The van der Waals surface area contributed by atoms with E-state index in [1.165, 1.54) is 12.8 Å². The van der Waals surface area contributed by atoms with Gasteiger partial charge in [-0.1, -0.05) is 13.8 Å². The molecular formula is C14H26N2O. The molecule has 0 radical (unpaired) electrons. The number of rotatable bonds is 1. The average molecular weight is 238 g/mol. The van der Waals surface area contributed by atoms with Gasteiger partial charge in [0.2, 0.25) is 0 Å². The van der Waals surface area contributed by atoms with E-state index < -0.39 is 0 Å². The first kappa shape index (κ1) is 12.7. The molecule has 2 aliphatic rings. The Balaban J connectivity index is 2.08. The molecule has 17 heavy (non-hydrogen) atoms. The van der Waals surface area contributed by atoms with Crippen LogP contribution in [-0.4, -0.2) is 40.5 Å². The molecule has 2 atom stereocenters. The summed E-state index contributed by atoms with van der Waals surface area (Å²) >= 11 is 0. The Morgan fingerprint density at radius 1 is 1.29 bits per heavy atom. The summed E-state index contributed by atoms with van der Waals surface area (Å²) in [6.45, 7) is 12.9. The zero-order valence-corrected chi connectivity index (χ0v) is 11.9. The number of urea groups is 1. The number of hydrogen-bond donors (Lipinski definition) is 0. The molecule has 2 saturated heterocycles. The molecule has 3 nitrogen and oxygen atoms in total. The molecule has 0 bridgehead atoms. The monoisotopic (exact) mass is 238 g/mol. The molecule has 0 N–H and O–H groups in total. The van der Waals surface area contributed by atoms with Gasteiger partial charge in [-0.3, -0.25) is 0 Å². The van der Waals surface area contributed by atoms with E-state index in [0.29, 0.717) is 6.04 Å². The van der Waals surface area contributed by atoms with Crippen molar-refractivity contribution in [2.24, 2.45) is 11.8 Å². The minimum absolute atomic E-state index is 0.0399. The van der Waals surface area contributed by atoms with Gasteiger partial charge >= 0.3 is 6.03 Å². The molecule has 0 spiro atoms. The Bertz CT molecular complexity index is 306. The van der Waals surface area contributed by atoms with Crippen LogP contribution < -0.4 is 0 Å². The third-order valence-electron chi connectivity index (χ3n) is 4.38. The molecule has 0 aromatic carbocycles. The molecule has 0 saturated carbocycles. The third-order valence-corrected chi connectivity index (χ3v) is 4.38. The van der Waals surface area contributed by atoms with Crippen LogP contribution >= 0.6 is 0 Å². The molecule has 2 rings (SSSR count). The Morgan fingerprint density at radius 3 is 2.47 bits per heavy atom. The van der Waals surface area contributed by atoms with Gasteiger partial charge in [-0.15, -0.1) is 0 Å². The second-order valence-corrected chi connectivity index (χ2v) is 6.94. The first-order chi connectivity index (χ1) is 7.80. The predicted molar refractivity (Wildman–Crippen MR) is 69.9 cm³/mol. The van der Waals surface area contributed by atoms with Crippen LogP contribution in [0.25, 0.3) is 0 Å². The molecule has 98 valence electrons. The first-order valence-electron chi connectivity index (χ1n) is 6.89. The van der Waals surface area contributed by atoms with Gasteiger partial charge in [0.05, 0.1) is 6.04 Å². The van der Waals surface area contributed by atoms with Crippen LogP contribution in [0.3, 0.4) is 0 Å².